The van der Waals surface area contributed by atoms with Gasteiger partial charge in [0.2, 0.25) is 0 Å². The van der Waals surface area contributed by atoms with Gasteiger partial charge in [-0.15, -0.1) is 6.58 Å². The number of hydrogen-bond donors (Lipinski definition) is 2. The molecule has 0 fully saturated rings. The Labute approximate surface area is 88.1 Å². The molecule has 0 saturated heterocycles. The van der Waals surface area contributed by atoms with Gasteiger partial charge in [-0.3, -0.25) is 0 Å². The van der Waals surface area contributed by atoms with Gasteiger partial charge in [-0.25, -0.2) is 0 Å². The standard InChI is InChI=1S/C13H12O2/c1-2-5-10-8-9-6-3-4-7-11(9)13(15)12(10)14/h2-4,6-8,14-15H,1,5H2. The summed E-state index contributed by atoms with van der Waals surface area (Å²) in [6, 6.07) is 9.28. The number of benzene rings is 2. The second kappa shape index (κ2) is 3.65. The first-order valence-electron chi connectivity index (χ1n) is 4.77. The first-order valence-corrected chi connectivity index (χ1v) is 4.77. The molecule has 0 saturated carbocycles. The molecule has 0 amide bonds. The van der Waals surface area contributed by atoms with Crippen molar-refractivity contribution in [3.05, 3.63) is 48.6 Å². The predicted molar refractivity (Wildman–Crippen MR) is 61.2 cm³/mol. The van der Waals surface area contributed by atoms with Crippen LogP contribution in [0.25, 0.3) is 10.8 Å². The minimum Gasteiger partial charge on any atom is -0.504 e. The van der Waals surface area contributed by atoms with Gasteiger partial charge in [-0.2, -0.15) is 0 Å². The van der Waals surface area contributed by atoms with Gasteiger partial charge in [-0.1, -0.05) is 30.3 Å². The van der Waals surface area contributed by atoms with Gasteiger partial charge in [0.25, 0.3) is 0 Å². The van der Waals surface area contributed by atoms with E-state index in [0.717, 1.165) is 5.39 Å². The first kappa shape index (κ1) is 9.59. The second-order valence-electron chi connectivity index (χ2n) is 3.45. The van der Waals surface area contributed by atoms with Crippen molar-refractivity contribution >= 4 is 10.8 Å². The smallest absolute Gasteiger partial charge is 0.165 e. The molecule has 2 aromatic carbocycles. The summed E-state index contributed by atoms with van der Waals surface area (Å²) in [5, 5.41) is 21.1. The number of aromatic hydroxyl groups is 2. The van der Waals surface area contributed by atoms with Crippen molar-refractivity contribution in [3.63, 3.8) is 0 Å². The number of phenolic OH excluding ortho intramolecular Hbond substituents is 2. The van der Waals surface area contributed by atoms with Gasteiger partial charge < -0.3 is 10.2 Å². The summed E-state index contributed by atoms with van der Waals surface area (Å²) in [6.07, 6.45) is 2.24. The van der Waals surface area contributed by atoms with E-state index in [-0.39, 0.29) is 11.5 Å². The van der Waals surface area contributed by atoms with Crippen LogP contribution in [0, 0.1) is 0 Å². The lowest BCUT2D eigenvalue weighted by Crippen LogP contribution is -1.85. The van der Waals surface area contributed by atoms with Crippen LogP contribution in [0.5, 0.6) is 11.5 Å². The van der Waals surface area contributed by atoms with Crippen molar-refractivity contribution in [2.75, 3.05) is 0 Å². The maximum atomic E-state index is 9.78. The van der Waals surface area contributed by atoms with Crippen LogP contribution in [-0.4, -0.2) is 10.2 Å². The minimum absolute atomic E-state index is 0.0476. The molecule has 0 spiro atoms. The van der Waals surface area contributed by atoms with Crippen molar-refractivity contribution in [2.45, 2.75) is 6.42 Å². The summed E-state index contributed by atoms with van der Waals surface area (Å²) in [7, 11) is 0. The van der Waals surface area contributed by atoms with Gasteiger partial charge in [0.1, 0.15) is 0 Å². The Hall–Kier alpha value is -1.96. The number of rotatable bonds is 2. The SMILES string of the molecule is C=CCc1cc2ccccc2c(O)c1O. The highest BCUT2D eigenvalue weighted by atomic mass is 16.3. The van der Waals surface area contributed by atoms with E-state index in [9.17, 15) is 10.2 Å². The summed E-state index contributed by atoms with van der Waals surface area (Å²) < 4.78 is 0. The Bertz CT molecular complexity index is 515. The monoisotopic (exact) mass is 200 g/mol. The van der Waals surface area contributed by atoms with Crippen LogP contribution in [0.2, 0.25) is 0 Å². The van der Waals surface area contributed by atoms with Gasteiger partial charge in [0.15, 0.2) is 11.5 Å². The molecule has 0 aliphatic carbocycles. The molecule has 76 valence electrons. The molecular weight excluding hydrogens is 188 g/mol. The molecule has 2 N–H and O–H groups in total. The normalized spacial score (nSPS) is 10.4. The molecule has 2 nitrogen and oxygen atoms in total. The van der Waals surface area contributed by atoms with Crippen molar-refractivity contribution in [1.82, 2.24) is 0 Å². The van der Waals surface area contributed by atoms with Crippen LogP contribution in [-0.2, 0) is 6.42 Å². The maximum absolute atomic E-state index is 9.78. The minimum atomic E-state index is -0.0510. The molecule has 2 heteroatoms. The highest BCUT2D eigenvalue weighted by Crippen LogP contribution is 2.37. The second-order valence-corrected chi connectivity index (χ2v) is 3.45. The number of allylic oxidation sites excluding steroid dienone is 1. The Kier molecular flexibility index (Phi) is 2.34. The Morgan fingerprint density at radius 1 is 1.13 bits per heavy atom. The van der Waals surface area contributed by atoms with Crippen LogP contribution in [0.4, 0.5) is 0 Å². The third kappa shape index (κ3) is 1.54. The molecule has 0 bridgehead atoms. The third-order valence-corrected chi connectivity index (χ3v) is 2.44. The van der Waals surface area contributed by atoms with E-state index < -0.39 is 0 Å². The van der Waals surface area contributed by atoms with E-state index in [1.54, 1.807) is 12.1 Å². The average Bonchev–Trinajstić information content (AvgIpc) is 2.26. The van der Waals surface area contributed by atoms with E-state index in [2.05, 4.69) is 6.58 Å². The zero-order chi connectivity index (χ0) is 10.8. The summed E-state index contributed by atoms with van der Waals surface area (Å²) >= 11 is 0. The van der Waals surface area contributed by atoms with Crippen LogP contribution in [0.15, 0.2) is 43.0 Å². The van der Waals surface area contributed by atoms with Crippen molar-refractivity contribution in [1.29, 1.82) is 0 Å². The molecule has 0 radical (unpaired) electrons. The number of fused-ring (bicyclic) bond motifs is 1. The fraction of sp³-hybridized carbons (Fsp3) is 0.0769. The molecule has 2 rings (SSSR count). The quantitative estimate of drug-likeness (QED) is 0.578. The first-order chi connectivity index (χ1) is 7.24. The van der Waals surface area contributed by atoms with Gasteiger partial charge in [-0.05, 0) is 17.9 Å². The van der Waals surface area contributed by atoms with Crippen LogP contribution in [0.1, 0.15) is 5.56 Å². The fourth-order valence-corrected chi connectivity index (χ4v) is 1.69. The van der Waals surface area contributed by atoms with E-state index in [4.69, 9.17) is 0 Å². The average molecular weight is 200 g/mol. The molecular formula is C13H12O2. The topological polar surface area (TPSA) is 40.5 Å². The Balaban J connectivity index is 2.76. The molecule has 0 atom stereocenters. The molecule has 0 aliphatic heterocycles. The molecule has 0 aromatic heterocycles. The highest BCUT2D eigenvalue weighted by Gasteiger charge is 2.09. The lowest BCUT2D eigenvalue weighted by Gasteiger charge is -2.07. The third-order valence-electron chi connectivity index (χ3n) is 2.44. The van der Waals surface area contributed by atoms with E-state index in [0.29, 0.717) is 17.4 Å². The van der Waals surface area contributed by atoms with Crippen molar-refractivity contribution in [3.8, 4) is 11.5 Å². The molecule has 0 aliphatic rings. The van der Waals surface area contributed by atoms with Gasteiger partial charge >= 0.3 is 0 Å². The summed E-state index contributed by atoms with van der Waals surface area (Å²) in [5.41, 5.74) is 0.696. The van der Waals surface area contributed by atoms with Crippen molar-refractivity contribution in [2.24, 2.45) is 0 Å². The summed E-state index contributed by atoms with van der Waals surface area (Å²) in [5.74, 6) is -0.0986. The zero-order valence-corrected chi connectivity index (χ0v) is 8.27. The lowest BCUT2D eigenvalue weighted by molar-refractivity contribution is 0.404. The summed E-state index contributed by atoms with van der Waals surface area (Å²) in [4.78, 5) is 0. The Morgan fingerprint density at radius 3 is 2.60 bits per heavy atom. The maximum Gasteiger partial charge on any atom is 0.165 e. The largest absolute Gasteiger partial charge is 0.504 e. The van der Waals surface area contributed by atoms with Crippen LogP contribution < -0.4 is 0 Å². The van der Waals surface area contributed by atoms with E-state index in [1.165, 1.54) is 0 Å². The lowest BCUT2D eigenvalue weighted by atomic mass is 10.0. The van der Waals surface area contributed by atoms with Crippen molar-refractivity contribution < 1.29 is 10.2 Å². The number of phenols is 2. The zero-order valence-electron chi connectivity index (χ0n) is 8.27. The molecule has 0 heterocycles. The van der Waals surface area contributed by atoms with E-state index in [1.807, 2.05) is 24.3 Å². The predicted octanol–water partition coefficient (Wildman–Crippen LogP) is 2.98. The van der Waals surface area contributed by atoms with Crippen LogP contribution in [0.3, 0.4) is 0 Å². The molecule has 0 unspecified atom stereocenters. The Morgan fingerprint density at radius 2 is 1.87 bits per heavy atom. The van der Waals surface area contributed by atoms with Gasteiger partial charge in [0.05, 0.1) is 0 Å². The van der Waals surface area contributed by atoms with Crippen LogP contribution >= 0.6 is 0 Å². The fourth-order valence-electron chi connectivity index (χ4n) is 1.69. The summed E-state index contributed by atoms with van der Waals surface area (Å²) in [6.45, 7) is 3.61. The molecule has 2 aromatic rings. The highest BCUT2D eigenvalue weighted by molar-refractivity contribution is 5.91. The molecule has 15 heavy (non-hydrogen) atoms. The number of hydrogen-bond acceptors (Lipinski definition) is 2. The van der Waals surface area contributed by atoms with E-state index >= 15 is 0 Å². The van der Waals surface area contributed by atoms with Gasteiger partial charge in [0, 0.05) is 10.9 Å².